The minimum Gasteiger partial charge on any atom is -0.353 e. The number of carbonyl (C=O) groups is 1. The number of hydrogen-bond donors (Lipinski definition) is 1. The van der Waals surface area contributed by atoms with Crippen molar-refractivity contribution in [2.24, 2.45) is 11.8 Å². The fourth-order valence-corrected chi connectivity index (χ4v) is 5.40. The van der Waals surface area contributed by atoms with Crippen molar-refractivity contribution in [3.05, 3.63) is 52.8 Å². The van der Waals surface area contributed by atoms with E-state index in [1.807, 2.05) is 13.0 Å². The van der Waals surface area contributed by atoms with Gasteiger partial charge in [-0.3, -0.25) is 4.79 Å². The van der Waals surface area contributed by atoms with Crippen LogP contribution in [0.3, 0.4) is 0 Å². The first kappa shape index (κ1) is 21.8. The Bertz CT molecular complexity index is 1050. The molecule has 2 aromatic heterocycles. The van der Waals surface area contributed by atoms with Crippen molar-refractivity contribution in [1.82, 2.24) is 24.9 Å². The number of thioether (sulfide) groups is 1. The van der Waals surface area contributed by atoms with E-state index in [0.717, 1.165) is 30.7 Å². The second kappa shape index (κ2) is 9.39. The van der Waals surface area contributed by atoms with Gasteiger partial charge in [0.25, 0.3) is 5.78 Å². The third-order valence-corrected chi connectivity index (χ3v) is 6.97. The summed E-state index contributed by atoms with van der Waals surface area (Å²) in [6, 6.07) is 10.7. The van der Waals surface area contributed by atoms with E-state index in [4.69, 9.17) is 0 Å². The number of hydrogen-bond acceptors (Lipinski definition) is 5. The highest BCUT2D eigenvalue weighted by atomic mass is 32.2. The Kier molecular flexibility index (Phi) is 6.60. The first-order chi connectivity index (χ1) is 14.9. The molecule has 1 N–H and O–H groups in total. The summed E-state index contributed by atoms with van der Waals surface area (Å²) < 4.78 is 1.80. The van der Waals surface area contributed by atoms with Gasteiger partial charge in [0.2, 0.25) is 11.1 Å². The van der Waals surface area contributed by atoms with E-state index in [1.165, 1.54) is 29.3 Å². The van der Waals surface area contributed by atoms with Gasteiger partial charge < -0.3 is 5.32 Å². The van der Waals surface area contributed by atoms with Crippen LogP contribution in [0.4, 0.5) is 0 Å². The maximum absolute atomic E-state index is 12.5. The molecule has 2 atom stereocenters. The van der Waals surface area contributed by atoms with E-state index in [-0.39, 0.29) is 11.9 Å². The molecular weight excluding hydrogens is 406 g/mol. The number of carbonyl (C=O) groups excluding carboxylic acids is 1. The van der Waals surface area contributed by atoms with Crippen LogP contribution in [0.1, 0.15) is 55.6 Å². The average molecular weight is 438 g/mol. The molecule has 6 nitrogen and oxygen atoms in total. The number of amides is 1. The second-order valence-electron chi connectivity index (χ2n) is 9.00. The van der Waals surface area contributed by atoms with Crippen molar-refractivity contribution in [1.29, 1.82) is 0 Å². The minimum absolute atomic E-state index is 0.0563. The van der Waals surface area contributed by atoms with Crippen molar-refractivity contribution in [2.45, 2.75) is 64.6 Å². The van der Waals surface area contributed by atoms with Crippen LogP contribution in [-0.4, -0.2) is 37.3 Å². The molecule has 0 saturated heterocycles. The first-order valence-corrected chi connectivity index (χ1v) is 12.1. The summed E-state index contributed by atoms with van der Waals surface area (Å²) in [7, 11) is 0. The lowest BCUT2D eigenvalue weighted by molar-refractivity contribution is -0.119. The zero-order chi connectivity index (χ0) is 22.0. The lowest BCUT2D eigenvalue weighted by Crippen LogP contribution is -2.40. The van der Waals surface area contributed by atoms with Crippen molar-refractivity contribution >= 4 is 23.4 Å². The molecule has 2 heterocycles. The lowest BCUT2D eigenvalue weighted by Gasteiger charge is -2.31. The Morgan fingerprint density at radius 3 is 2.52 bits per heavy atom. The standard InChI is InChI=1S/C24H31N5OS/c1-15-10-16(2)12-20(11-15)26-22(30)14-31-24-27-23-25-17(3)21(18(4)29(23)28-24)13-19-8-6-5-7-9-19/h5-9,15-16,20H,10-14H2,1-4H3,(H,26,30). The van der Waals surface area contributed by atoms with E-state index in [2.05, 4.69) is 65.4 Å². The summed E-state index contributed by atoms with van der Waals surface area (Å²) in [5, 5.41) is 8.42. The van der Waals surface area contributed by atoms with E-state index in [1.54, 1.807) is 4.52 Å². The van der Waals surface area contributed by atoms with Gasteiger partial charge >= 0.3 is 0 Å². The predicted octanol–water partition coefficient (Wildman–Crippen LogP) is 4.36. The highest BCUT2D eigenvalue weighted by Gasteiger charge is 2.25. The van der Waals surface area contributed by atoms with Crippen LogP contribution < -0.4 is 5.32 Å². The van der Waals surface area contributed by atoms with E-state index >= 15 is 0 Å². The zero-order valence-corrected chi connectivity index (χ0v) is 19.6. The van der Waals surface area contributed by atoms with Gasteiger partial charge in [0.05, 0.1) is 5.75 Å². The third kappa shape index (κ3) is 5.26. The average Bonchev–Trinajstić information content (AvgIpc) is 3.12. The Morgan fingerprint density at radius 1 is 1.10 bits per heavy atom. The fraction of sp³-hybridized carbons (Fsp3) is 0.500. The molecule has 164 valence electrons. The molecule has 0 aliphatic heterocycles. The quantitative estimate of drug-likeness (QED) is 0.580. The Balaban J connectivity index is 1.43. The molecule has 2 unspecified atom stereocenters. The van der Waals surface area contributed by atoms with Crippen LogP contribution in [0, 0.1) is 25.7 Å². The summed E-state index contributed by atoms with van der Waals surface area (Å²) >= 11 is 1.37. The van der Waals surface area contributed by atoms with Crippen molar-refractivity contribution in [2.75, 3.05) is 5.75 Å². The van der Waals surface area contributed by atoms with Crippen molar-refractivity contribution in [3.63, 3.8) is 0 Å². The molecule has 3 aromatic rings. The molecule has 1 saturated carbocycles. The highest BCUT2D eigenvalue weighted by molar-refractivity contribution is 7.99. The zero-order valence-electron chi connectivity index (χ0n) is 18.8. The van der Waals surface area contributed by atoms with Gasteiger partial charge in [-0.2, -0.15) is 4.98 Å². The maximum Gasteiger partial charge on any atom is 0.253 e. The number of rotatable bonds is 6. The van der Waals surface area contributed by atoms with E-state index in [0.29, 0.717) is 28.5 Å². The number of fused-ring (bicyclic) bond motifs is 1. The van der Waals surface area contributed by atoms with E-state index in [9.17, 15) is 4.79 Å². The molecule has 0 spiro atoms. The number of nitrogens with one attached hydrogen (secondary N) is 1. The Labute approximate surface area is 188 Å². The van der Waals surface area contributed by atoms with Crippen LogP contribution in [0.2, 0.25) is 0 Å². The van der Waals surface area contributed by atoms with Gasteiger partial charge in [0.15, 0.2) is 0 Å². The molecule has 0 radical (unpaired) electrons. The number of aromatic nitrogens is 4. The monoisotopic (exact) mass is 437 g/mol. The fourth-order valence-electron chi connectivity index (χ4n) is 4.77. The van der Waals surface area contributed by atoms with E-state index < -0.39 is 0 Å². The molecule has 31 heavy (non-hydrogen) atoms. The van der Waals surface area contributed by atoms with Crippen LogP contribution in [0.25, 0.3) is 5.78 Å². The van der Waals surface area contributed by atoms with Gasteiger partial charge in [0.1, 0.15) is 0 Å². The molecular formula is C24H31N5OS. The van der Waals surface area contributed by atoms with Crippen molar-refractivity contribution < 1.29 is 4.79 Å². The van der Waals surface area contributed by atoms with Crippen LogP contribution >= 0.6 is 11.8 Å². The molecule has 1 fully saturated rings. The van der Waals surface area contributed by atoms with Gasteiger partial charge in [-0.25, -0.2) is 9.50 Å². The Morgan fingerprint density at radius 2 is 1.81 bits per heavy atom. The largest absolute Gasteiger partial charge is 0.353 e. The van der Waals surface area contributed by atoms with Gasteiger partial charge in [0, 0.05) is 23.9 Å². The Hall–Kier alpha value is -2.41. The smallest absolute Gasteiger partial charge is 0.253 e. The molecule has 1 aromatic carbocycles. The van der Waals surface area contributed by atoms with Gasteiger partial charge in [-0.15, -0.1) is 5.10 Å². The molecule has 4 rings (SSSR count). The lowest BCUT2D eigenvalue weighted by atomic mass is 9.80. The molecule has 1 aliphatic rings. The summed E-state index contributed by atoms with van der Waals surface area (Å²) in [4.78, 5) is 21.7. The summed E-state index contributed by atoms with van der Waals surface area (Å²) in [5.41, 5.74) is 4.42. The van der Waals surface area contributed by atoms with Crippen LogP contribution in [-0.2, 0) is 11.2 Å². The maximum atomic E-state index is 12.5. The van der Waals surface area contributed by atoms with Crippen LogP contribution in [0.15, 0.2) is 35.5 Å². The summed E-state index contributed by atoms with van der Waals surface area (Å²) in [6.45, 7) is 8.62. The SMILES string of the molecule is Cc1nc2nc(SCC(=O)NC3CC(C)CC(C)C3)nn2c(C)c1Cc1ccccc1. The third-order valence-electron chi connectivity index (χ3n) is 6.13. The van der Waals surface area contributed by atoms with Gasteiger partial charge in [-0.1, -0.05) is 55.9 Å². The summed E-state index contributed by atoms with van der Waals surface area (Å²) in [5.74, 6) is 2.31. The first-order valence-electron chi connectivity index (χ1n) is 11.1. The van der Waals surface area contributed by atoms with Gasteiger partial charge in [-0.05, 0) is 56.1 Å². The number of benzene rings is 1. The van der Waals surface area contributed by atoms with Crippen LogP contribution in [0.5, 0.6) is 0 Å². The molecule has 7 heteroatoms. The predicted molar refractivity (Wildman–Crippen MR) is 124 cm³/mol. The normalized spacial score (nSPS) is 21.4. The minimum atomic E-state index is 0.0563. The topological polar surface area (TPSA) is 72.2 Å². The summed E-state index contributed by atoms with van der Waals surface area (Å²) in [6.07, 6.45) is 4.20. The molecule has 1 aliphatic carbocycles. The molecule has 1 amide bonds. The highest BCUT2D eigenvalue weighted by Crippen LogP contribution is 2.28. The number of aryl methyl sites for hydroxylation is 2. The second-order valence-corrected chi connectivity index (χ2v) is 9.94. The molecule has 0 bridgehead atoms. The number of nitrogens with zero attached hydrogens (tertiary/aromatic N) is 4. The van der Waals surface area contributed by atoms with Crippen molar-refractivity contribution in [3.8, 4) is 0 Å².